The van der Waals surface area contributed by atoms with Gasteiger partial charge in [0.1, 0.15) is 10.8 Å². The minimum Gasteiger partial charge on any atom is -0.493 e. The lowest BCUT2D eigenvalue weighted by Crippen LogP contribution is -2.15. The first-order valence-corrected chi connectivity index (χ1v) is 11.1. The normalized spacial score (nSPS) is 10.7. The van der Waals surface area contributed by atoms with Gasteiger partial charge in [-0.1, -0.05) is 30.3 Å². The molecule has 0 atom stereocenters. The fourth-order valence-electron chi connectivity index (χ4n) is 2.60. The molecule has 1 amide bonds. The van der Waals surface area contributed by atoms with Crippen LogP contribution in [0.25, 0.3) is 0 Å². The van der Waals surface area contributed by atoms with Crippen molar-refractivity contribution in [3.05, 3.63) is 64.8 Å². The molecule has 0 fully saturated rings. The van der Waals surface area contributed by atoms with Crippen LogP contribution in [0.3, 0.4) is 0 Å². The second kappa shape index (κ2) is 10.9. The number of thiazole rings is 1. The molecule has 8 heteroatoms. The number of carbonyl (C=O) groups is 1. The van der Waals surface area contributed by atoms with Crippen molar-refractivity contribution in [2.45, 2.75) is 24.8 Å². The number of ether oxygens (including phenoxy) is 1. The van der Waals surface area contributed by atoms with E-state index in [0.29, 0.717) is 28.9 Å². The zero-order valence-electron chi connectivity index (χ0n) is 16.1. The molecular weight excluding hydrogens is 406 g/mol. The van der Waals surface area contributed by atoms with Gasteiger partial charge in [0.15, 0.2) is 5.13 Å². The Bertz CT molecular complexity index is 932. The summed E-state index contributed by atoms with van der Waals surface area (Å²) in [4.78, 5) is 22.1. The van der Waals surface area contributed by atoms with E-state index in [1.165, 1.54) is 28.7 Å². The zero-order chi connectivity index (χ0) is 20.5. The number of hydrogen-bond acceptors (Lipinski definition) is 7. The molecule has 0 saturated heterocycles. The van der Waals surface area contributed by atoms with Crippen molar-refractivity contribution >= 4 is 34.1 Å². The molecule has 0 spiro atoms. The Morgan fingerprint density at radius 1 is 1.28 bits per heavy atom. The van der Waals surface area contributed by atoms with Gasteiger partial charge in [0.25, 0.3) is 0 Å². The molecule has 0 unspecified atom stereocenters. The number of anilines is 1. The molecule has 3 rings (SSSR count). The summed E-state index contributed by atoms with van der Waals surface area (Å²) in [6.45, 7) is 2.53. The third-order valence-corrected chi connectivity index (χ3v) is 5.60. The number of aromatic nitrogens is 2. The monoisotopic (exact) mass is 429 g/mol. The van der Waals surface area contributed by atoms with Crippen molar-refractivity contribution in [3.8, 4) is 5.75 Å². The third kappa shape index (κ3) is 7.16. The van der Waals surface area contributed by atoms with Crippen LogP contribution in [0.1, 0.15) is 16.1 Å². The number of pyridine rings is 1. The van der Waals surface area contributed by atoms with Crippen LogP contribution in [0.4, 0.5) is 5.13 Å². The lowest BCUT2D eigenvalue weighted by Gasteiger charge is -2.10. The van der Waals surface area contributed by atoms with E-state index < -0.39 is 0 Å². The van der Waals surface area contributed by atoms with Crippen LogP contribution in [0, 0.1) is 6.92 Å². The van der Waals surface area contributed by atoms with Gasteiger partial charge in [-0.2, -0.15) is 0 Å². The molecular formula is C21H23N3O3S2. The Morgan fingerprint density at radius 2 is 2.10 bits per heavy atom. The summed E-state index contributed by atoms with van der Waals surface area (Å²) < 4.78 is 5.92. The Balaban J connectivity index is 1.64. The summed E-state index contributed by atoms with van der Waals surface area (Å²) in [5.74, 6) is 1.03. The lowest BCUT2D eigenvalue weighted by atomic mass is 10.2. The van der Waals surface area contributed by atoms with E-state index in [2.05, 4.69) is 27.4 Å². The number of aliphatic hydroxyl groups is 1. The van der Waals surface area contributed by atoms with Crippen LogP contribution < -0.4 is 10.1 Å². The van der Waals surface area contributed by atoms with E-state index in [4.69, 9.17) is 9.84 Å². The van der Waals surface area contributed by atoms with Gasteiger partial charge < -0.3 is 15.2 Å². The van der Waals surface area contributed by atoms with Crippen LogP contribution in [-0.2, 0) is 17.6 Å². The largest absolute Gasteiger partial charge is 0.493 e. The molecule has 152 valence electrons. The molecule has 2 aromatic heterocycles. The minimum atomic E-state index is -0.175. The highest BCUT2D eigenvalue weighted by Gasteiger charge is 2.11. The molecule has 29 heavy (non-hydrogen) atoms. The van der Waals surface area contributed by atoms with E-state index in [1.54, 1.807) is 12.3 Å². The molecule has 2 heterocycles. The smallest absolute Gasteiger partial charge is 0.232 e. The summed E-state index contributed by atoms with van der Waals surface area (Å²) in [6.07, 6.45) is 2.64. The summed E-state index contributed by atoms with van der Waals surface area (Å²) in [5.41, 5.74) is 1.82. The number of benzene rings is 1. The number of aliphatic hydroxyl groups excluding tert-OH is 1. The van der Waals surface area contributed by atoms with Crippen LogP contribution in [0.15, 0.2) is 53.7 Å². The number of rotatable bonds is 10. The lowest BCUT2D eigenvalue weighted by molar-refractivity contribution is -0.115. The average molecular weight is 430 g/mol. The Kier molecular flexibility index (Phi) is 8.03. The van der Waals surface area contributed by atoms with E-state index in [0.717, 1.165) is 16.3 Å². The first kappa shape index (κ1) is 21.3. The van der Waals surface area contributed by atoms with Crippen LogP contribution >= 0.6 is 23.1 Å². The van der Waals surface area contributed by atoms with Crippen molar-refractivity contribution in [2.24, 2.45) is 0 Å². The number of hydrogen-bond donors (Lipinski definition) is 2. The van der Waals surface area contributed by atoms with Crippen molar-refractivity contribution in [3.63, 3.8) is 0 Å². The minimum absolute atomic E-state index is 0.0602. The number of carbonyl (C=O) groups excluding carboxylic acids is 1. The van der Waals surface area contributed by atoms with E-state index in [9.17, 15) is 4.79 Å². The Labute approximate surface area is 178 Å². The maximum atomic E-state index is 12.4. The molecule has 3 aromatic rings. The molecule has 0 aliphatic heterocycles. The van der Waals surface area contributed by atoms with Crippen molar-refractivity contribution < 1.29 is 14.6 Å². The van der Waals surface area contributed by atoms with Crippen LogP contribution in [-0.4, -0.2) is 39.9 Å². The Hall–Kier alpha value is -2.42. The van der Waals surface area contributed by atoms with Crippen molar-refractivity contribution in [1.29, 1.82) is 0 Å². The fraction of sp³-hybridized carbons (Fsp3) is 0.286. The zero-order valence-corrected chi connectivity index (χ0v) is 17.8. The molecule has 0 aliphatic rings. The quantitative estimate of drug-likeness (QED) is 0.478. The molecule has 0 aliphatic carbocycles. The first-order chi connectivity index (χ1) is 14.1. The van der Waals surface area contributed by atoms with Gasteiger partial charge in [-0.25, -0.2) is 9.97 Å². The SMILES string of the molecule is Cc1cnc(NC(=O)Cc2cc(OCCc3ccccc3)cc(SCCO)n2)s1. The van der Waals surface area contributed by atoms with E-state index >= 15 is 0 Å². The van der Waals surface area contributed by atoms with E-state index in [-0.39, 0.29) is 18.9 Å². The van der Waals surface area contributed by atoms with Crippen molar-refractivity contribution in [1.82, 2.24) is 9.97 Å². The summed E-state index contributed by atoms with van der Waals surface area (Å²) >= 11 is 2.86. The predicted molar refractivity (Wildman–Crippen MR) is 117 cm³/mol. The Morgan fingerprint density at radius 3 is 2.83 bits per heavy atom. The van der Waals surface area contributed by atoms with Crippen LogP contribution in [0.5, 0.6) is 5.75 Å². The van der Waals surface area contributed by atoms with Crippen molar-refractivity contribution in [2.75, 3.05) is 24.3 Å². The highest BCUT2D eigenvalue weighted by molar-refractivity contribution is 7.99. The maximum absolute atomic E-state index is 12.4. The number of aryl methyl sites for hydroxylation is 1. The molecule has 0 bridgehead atoms. The summed E-state index contributed by atoms with van der Waals surface area (Å²) in [6, 6.07) is 13.8. The van der Waals surface area contributed by atoms with Gasteiger partial charge in [-0.05, 0) is 12.5 Å². The molecule has 6 nitrogen and oxygen atoms in total. The number of amides is 1. The van der Waals surface area contributed by atoms with Gasteiger partial charge >= 0.3 is 0 Å². The molecule has 2 N–H and O–H groups in total. The highest BCUT2D eigenvalue weighted by atomic mass is 32.2. The van der Waals surface area contributed by atoms with Gasteiger partial charge in [0, 0.05) is 35.4 Å². The van der Waals surface area contributed by atoms with Gasteiger partial charge in [-0.3, -0.25) is 4.79 Å². The predicted octanol–water partition coefficient (Wildman–Crippen LogP) is 3.73. The topological polar surface area (TPSA) is 84.3 Å². The first-order valence-electron chi connectivity index (χ1n) is 9.26. The second-order valence-electron chi connectivity index (χ2n) is 6.29. The third-order valence-electron chi connectivity index (χ3n) is 3.88. The number of thioether (sulfide) groups is 1. The van der Waals surface area contributed by atoms with Gasteiger partial charge in [0.05, 0.1) is 25.3 Å². The van der Waals surface area contributed by atoms with Gasteiger partial charge in [-0.15, -0.1) is 23.1 Å². The average Bonchev–Trinajstić information content (AvgIpc) is 3.11. The number of nitrogens with one attached hydrogen (secondary N) is 1. The fourth-order valence-corrected chi connectivity index (χ4v) is 3.97. The number of nitrogens with zero attached hydrogens (tertiary/aromatic N) is 2. The van der Waals surface area contributed by atoms with E-state index in [1.807, 2.05) is 31.2 Å². The highest BCUT2D eigenvalue weighted by Crippen LogP contribution is 2.23. The summed E-state index contributed by atoms with van der Waals surface area (Å²) in [7, 11) is 0. The summed E-state index contributed by atoms with van der Waals surface area (Å²) in [5, 5.41) is 13.2. The van der Waals surface area contributed by atoms with Gasteiger partial charge in [0.2, 0.25) is 5.91 Å². The molecule has 1 aromatic carbocycles. The molecule has 0 radical (unpaired) electrons. The standard InChI is InChI=1S/C21H23N3O3S2/c1-15-14-22-21(29-15)24-19(26)12-17-11-18(13-20(23-17)28-10-8-25)27-9-7-16-5-3-2-4-6-16/h2-6,11,13-14,25H,7-10,12H2,1H3,(H,22,24,26). The second-order valence-corrected chi connectivity index (χ2v) is 8.64. The van der Waals surface area contributed by atoms with Crippen LogP contribution in [0.2, 0.25) is 0 Å². The molecule has 0 saturated carbocycles. The maximum Gasteiger partial charge on any atom is 0.232 e.